The van der Waals surface area contributed by atoms with E-state index in [1.807, 2.05) is 0 Å². The third-order valence-electron chi connectivity index (χ3n) is 8.71. The van der Waals surface area contributed by atoms with Crippen molar-refractivity contribution in [1.82, 2.24) is 0 Å². The predicted molar refractivity (Wildman–Crippen MR) is 60.2 cm³/mol. The minimum Gasteiger partial charge on any atom is -0.0619 e. The van der Waals surface area contributed by atoms with Crippen LogP contribution in [0.3, 0.4) is 0 Å². The Hall–Kier alpha value is 0. The van der Waals surface area contributed by atoms with Gasteiger partial charge in [0.15, 0.2) is 0 Å². The zero-order chi connectivity index (χ0) is 10.2. The standard InChI is InChI=1S/C15H22/c1-8-6-10-12-11-7-9(2)14(11)4-5-15(12,14)13(8,10)3/h8-12H,4-7H2,1-3H3. The summed E-state index contributed by atoms with van der Waals surface area (Å²) in [5.41, 5.74) is 2.60. The van der Waals surface area contributed by atoms with Crippen LogP contribution in [0.5, 0.6) is 0 Å². The van der Waals surface area contributed by atoms with Crippen LogP contribution in [-0.4, -0.2) is 0 Å². The first-order valence-corrected chi connectivity index (χ1v) is 7.10. The second-order valence-corrected chi connectivity index (χ2v) is 7.81. The van der Waals surface area contributed by atoms with Gasteiger partial charge >= 0.3 is 0 Å². The lowest BCUT2D eigenvalue weighted by Crippen LogP contribution is -2.95. The van der Waals surface area contributed by atoms with Crippen molar-refractivity contribution in [3.8, 4) is 0 Å². The predicted octanol–water partition coefficient (Wildman–Crippen LogP) is 3.71. The number of fused-ring (bicyclic) bond motifs is 3. The van der Waals surface area contributed by atoms with E-state index in [1.165, 1.54) is 17.8 Å². The summed E-state index contributed by atoms with van der Waals surface area (Å²) in [6.07, 6.45) is 6.37. The summed E-state index contributed by atoms with van der Waals surface area (Å²) in [5.74, 6) is 5.71. The molecule has 5 aliphatic carbocycles. The van der Waals surface area contributed by atoms with Crippen molar-refractivity contribution >= 4 is 0 Å². The molecule has 8 atom stereocenters. The van der Waals surface area contributed by atoms with Crippen LogP contribution in [0, 0.1) is 45.8 Å². The van der Waals surface area contributed by atoms with Crippen molar-refractivity contribution in [2.24, 2.45) is 45.8 Å². The van der Waals surface area contributed by atoms with Crippen molar-refractivity contribution in [2.45, 2.75) is 46.5 Å². The van der Waals surface area contributed by atoms with Gasteiger partial charge in [-0.25, -0.2) is 0 Å². The molecule has 0 saturated heterocycles. The van der Waals surface area contributed by atoms with Crippen molar-refractivity contribution < 1.29 is 0 Å². The summed E-state index contributed by atoms with van der Waals surface area (Å²) in [7, 11) is 0. The van der Waals surface area contributed by atoms with Crippen LogP contribution in [0.2, 0.25) is 0 Å². The van der Waals surface area contributed by atoms with Gasteiger partial charge in [0.2, 0.25) is 0 Å². The lowest BCUT2D eigenvalue weighted by Gasteiger charge is -3.00. The molecule has 0 aliphatic heterocycles. The first-order valence-electron chi connectivity index (χ1n) is 7.10. The Morgan fingerprint density at radius 1 is 0.933 bits per heavy atom. The molecule has 2 spiro atoms. The molecule has 0 N–H and O–H groups in total. The minimum atomic E-state index is 0.807. The van der Waals surface area contributed by atoms with E-state index >= 15 is 0 Å². The Kier molecular flexibility index (Phi) is 0.938. The molecule has 0 amide bonds. The molecule has 0 heterocycles. The summed E-state index contributed by atoms with van der Waals surface area (Å²) in [5, 5.41) is 0. The van der Waals surface area contributed by atoms with Gasteiger partial charge in [0, 0.05) is 0 Å². The third-order valence-corrected chi connectivity index (χ3v) is 8.71. The number of rotatable bonds is 0. The molecule has 5 saturated carbocycles. The number of hydrogen-bond acceptors (Lipinski definition) is 0. The van der Waals surface area contributed by atoms with Gasteiger partial charge in [-0.1, -0.05) is 20.8 Å². The molecule has 5 rings (SSSR count). The van der Waals surface area contributed by atoms with Crippen molar-refractivity contribution in [1.29, 1.82) is 0 Å². The Bertz CT molecular complexity index is 359. The normalized spacial score (nSPS) is 81.4. The van der Waals surface area contributed by atoms with Crippen LogP contribution in [0.25, 0.3) is 0 Å². The van der Waals surface area contributed by atoms with Crippen molar-refractivity contribution in [3.63, 3.8) is 0 Å². The lowest BCUT2D eigenvalue weighted by atomic mass is 9.04. The molecule has 5 fully saturated rings. The van der Waals surface area contributed by atoms with Crippen molar-refractivity contribution in [2.75, 3.05) is 0 Å². The molecule has 82 valence electrons. The van der Waals surface area contributed by atoms with E-state index in [1.54, 1.807) is 25.7 Å². The SMILES string of the molecule is CC1CC2C3C4CC(C)C45CCC35C12C. The Labute approximate surface area is 92.8 Å². The molecule has 0 heteroatoms. The maximum atomic E-state index is 2.66. The topological polar surface area (TPSA) is 0 Å². The zero-order valence-corrected chi connectivity index (χ0v) is 10.2. The largest absolute Gasteiger partial charge is 0.0619 e. The van der Waals surface area contributed by atoms with Gasteiger partial charge in [0.05, 0.1) is 0 Å². The summed E-state index contributed by atoms with van der Waals surface area (Å²) in [6.45, 7) is 7.74. The highest BCUT2D eigenvalue weighted by molar-refractivity contribution is 5.43. The van der Waals surface area contributed by atoms with Gasteiger partial charge in [-0.3, -0.25) is 0 Å². The van der Waals surface area contributed by atoms with Gasteiger partial charge in [-0.05, 0) is 71.5 Å². The maximum Gasteiger partial charge on any atom is -0.0142 e. The number of hydrogen-bond donors (Lipinski definition) is 0. The molecule has 0 nitrogen and oxygen atoms in total. The van der Waals surface area contributed by atoms with Crippen molar-refractivity contribution in [3.05, 3.63) is 0 Å². The average molecular weight is 202 g/mol. The minimum absolute atomic E-state index is 0.807. The molecular weight excluding hydrogens is 180 g/mol. The first-order chi connectivity index (χ1) is 7.10. The van der Waals surface area contributed by atoms with E-state index < -0.39 is 0 Å². The van der Waals surface area contributed by atoms with E-state index in [0.29, 0.717) is 0 Å². The fourth-order valence-electron chi connectivity index (χ4n) is 8.11. The molecule has 0 bridgehead atoms. The van der Waals surface area contributed by atoms with E-state index in [4.69, 9.17) is 0 Å². The van der Waals surface area contributed by atoms with Gasteiger partial charge in [-0.2, -0.15) is 0 Å². The van der Waals surface area contributed by atoms with Gasteiger partial charge in [0.1, 0.15) is 0 Å². The van der Waals surface area contributed by atoms with E-state index in [0.717, 1.165) is 28.1 Å². The fraction of sp³-hybridized carbons (Fsp3) is 1.00. The van der Waals surface area contributed by atoms with Gasteiger partial charge in [-0.15, -0.1) is 0 Å². The summed E-state index contributed by atoms with van der Waals surface area (Å²) < 4.78 is 0. The highest BCUT2D eigenvalue weighted by Crippen LogP contribution is 3.01. The Balaban J connectivity index is 1.66. The first kappa shape index (κ1) is 8.14. The summed E-state index contributed by atoms with van der Waals surface area (Å²) >= 11 is 0. The summed E-state index contributed by atoms with van der Waals surface area (Å²) in [6, 6.07) is 0. The average Bonchev–Trinajstić information content (AvgIpc) is 2.16. The highest BCUT2D eigenvalue weighted by atomic mass is 15.0. The van der Waals surface area contributed by atoms with E-state index in [2.05, 4.69) is 20.8 Å². The maximum absolute atomic E-state index is 2.66. The molecule has 0 aromatic carbocycles. The van der Waals surface area contributed by atoms with E-state index in [-0.39, 0.29) is 0 Å². The van der Waals surface area contributed by atoms with Crippen LogP contribution in [-0.2, 0) is 0 Å². The monoisotopic (exact) mass is 202 g/mol. The lowest BCUT2D eigenvalue weighted by molar-refractivity contribution is -0.529. The smallest absolute Gasteiger partial charge is 0.0142 e. The van der Waals surface area contributed by atoms with E-state index in [9.17, 15) is 0 Å². The second-order valence-electron chi connectivity index (χ2n) is 7.81. The highest BCUT2D eigenvalue weighted by Gasteiger charge is 2.96. The molecule has 0 aromatic rings. The second kappa shape index (κ2) is 1.73. The Morgan fingerprint density at radius 3 is 2.20 bits per heavy atom. The molecule has 5 aliphatic rings. The van der Waals surface area contributed by atoms with Gasteiger partial charge in [0.25, 0.3) is 0 Å². The van der Waals surface area contributed by atoms with Crippen LogP contribution >= 0.6 is 0 Å². The van der Waals surface area contributed by atoms with Gasteiger partial charge < -0.3 is 0 Å². The molecule has 15 heavy (non-hydrogen) atoms. The Morgan fingerprint density at radius 2 is 1.67 bits per heavy atom. The fourth-order valence-corrected chi connectivity index (χ4v) is 8.11. The van der Waals surface area contributed by atoms with Crippen LogP contribution in [0.1, 0.15) is 46.5 Å². The quantitative estimate of drug-likeness (QED) is 0.561. The molecule has 0 aromatic heterocycles. The molecule has 0 radical (unpaired) electrons. The van der Waals surface area contributed by atoms with Crippen LogP contribution < -0.4 is 0 Å². The molecule has 8 unspecified atom stereocenters. The molecular formula is C15H22. The van der Waals surface area contributed by atoms with Crippen LogP contribution in [0.15, 0.2) is 0 Å². The third kappa shape index (κ3) is 0.400. The van der Waals surface area contributed by atoms with Crippen LogP contribution in [0.4, 0.5) is 0 Å². The summed E-state index contributed by atoms with van der Waals surface area (Å²) in [4.78, 5) is 0. The zero-order valence-electron chi connectivity index (χ0n) is 10.2.